The van der Waals surface area contributed by atoms with E-state index in [4.69, 9.17) is 4.74 Å². The van der Waals surface area contributed by atoms with Crippen molar-refractivity contribution in [3.05, 3.63) is 48.0 Å². The van der Waals surface area contributed by atoms with Crippen LogP contribution in [0, 0.1) is 0 Å². The largest absolute Gasteiger partial charge is 0.486 e. The number of imidazole rings is 1. The van der Waals surface area contributed by atoms with Crippen molar-refractivity contribution in [2.75, 3.05) is 6.54 Å². The molecule has 1 unspecified atom stereocenters. The van der Waals surface area contributed by atoms with Gasteiger partial charge in [-0.2, -0.15) is 0 Å². The minimum atomic E-state index is -0.215. The van der Waals surface area contributed by atoms with Crippen LogP contribution in [0.3, 0.4) is 0 Å². The Bertz CT molecular complexity index is 548. The van der Waals surface area contributed by atoms with Crippen molar-refractivity contribution >= 4 is 0 Å². The van der Waals surface area contributed by atoms with E-state index in [1.54, 1.807) is 6.20 Å². The molecule has 0 saturated heterocycles. The van der Waals surface area contributed by atoms with Crippen LogP contribution in [0.25, 0.3) is 0 Å². The van der Waals surface area contributed by atoms with Crippen molar-refractivity contribution in [2.24, 2.45) is 0 Å². The first-order valence-corrected chi connectivity index (χ1v) is 6.66. The molecule has 100 valence electrons. The number of H-pyrrole nitrogens is 1. The lowest BCUT2D eigenvalue weighted by atomic mass is 9.94. The monoisotopic (exact) mass is 257 g/mol. The summed E-state index contributed by atoms with van der Waals surface area (Å²) in [4.78, 5) is 7.35. The van der Waals surface area contributed by atoms with Gasteiger partial charge in [-0.25, -0.2) is 4.98 Å². The summed E-state index contributed by atoms with van der Waals surface area (Å²) in [7, 11) is 0. The molecule has 0 fully saturated rings. The van der Waals surface area contributed by atoms with E-state index in [9.17, 15) is 0 Å². The predicted octanol–water partition coefficient (Wildman–Crippen LogP) is 2.45. The molecule has 0 saturated carbocycles. The van der Waals surface area contributed by atoms with Gasteiger partial charge in [0.1, 0.15) is 17.2 Å². The van der Waals surface area contributed by atoms with Crippen LogP contribution < -0.4 is 10.1 Å². The summed E-state index contributed by atoms with van der Waals surface area (Å²) in [6.07, 6.45) is 4.53. The summed E-state index contributed by atoms with van der Waals surface area (Å²) >= 11 is 0. The molecule has 1 aromatic heterocycles. The molecular weight excluding hydrogens is 238 g/mol. The van der Waals surface area contributed by atoms with Gasteiger partial charge in [0.05, 0.1) is 6.04 Å². The third kappa shape index (κ3) is 2.36. The van der Waals surface area contributed by atoms with Crippen molar-refractivity contribution in [1.82, 2.24) is 15.3 Å². The Kier molecular flexibility index (Phi) is 3.03. The number of ether oxygens (including phenoxy) is 1. The molecule has 4 nitrogen and oxygen atoms in total. The van der Waals surface area contributed by atoms with Gasteiger partial charge in [-0.1, -0.05) is 18.2 Å². The van der Waals surface area contributed by atoms with Crippen molar-refractivity contribution in [2.45, 2.75) is 31.9 Å². The van der Waals surface area contributed by atoms with Gasteiger partial charge in [0.2, 0.25) is 0 Å². The Balaban J connectivity index is 1.69. The number of nitrogens with zero attached hydrogens (tertiary/aromatic N) is 1. The summed E-state index contributed by atoms with van der Waals surface area (Å²) < 4.78 is 6.01. The number of nitrogens with one attached hydrogen (secondary N) is 2. The molecule has 1 aliphatic rings. The van der Waals surface area contributed by atoms with Crippen LogP contribution in [0.4, 0.5) is 0 Å². The highest BCUT2D eigenvalue weighted by molar-refractivity contribution is 5.42. The average Bonchev–Trinajstić information content (AvgIpc) is 2.96. The summed E-state index contributed by atoms with van der Waals surface area (Å²) in [6.45, 7) is 5.12. The minimum Gasteiger partial charge on any atom is -0.486 e. The van der Waals surface area contributed by atoms with E-state index in [2.05, 4.69) is 41.3 Å². The van der Waals surface area contributed by atoms with E-state index in [0.717, 1.165) is 24.5 Å². The smallest absolute Gasteiger partial charge is 0.125 e. The van der Waals surface area contributed by atoms with E-state index in [-0.39, 0.29) is 11.6 Å². The second-order valence-corrected chi connectivity index (χ2v) is 5.42. The molecule has 0 spiro atoms. The summed E-state index contributed by atoms with van der Waals surface area (Å²) in [5.41, 5.74) is 1.03. The van der Waals surface area contributed by atoms with E-state index < -0.39 is 0 Å². The SMILES string of the molecule is CC1(C)Oc2ccccc2C1NCCc1ncc[nH]1. The highest BCUT2D eigenvalue weighted by atomic mass is 16.5. The van der Waals surface area contributed by atoms with Crippen LogP contribution in [0.1, 0.15) is 31.3 Å². The Morgan fingerprint density at radius 2 is 2.21 bits per heavy atom. The quantitative estimate of drug-likeness (QED) is 0.884. The topological polar surface area (TPSA) is 49.9 Å². The summed E-state index contributed by atoms with van der Waals surface area (Å²) in [6, 6.07) is 8.46. The van der Waals surface area contributed by atoms with Crippen LogP contribution >= 0.6 is 0 Å². The Labute approximate surface area is 113 Å². The Morgan fingerprint density at radius 1 is 1.37 bits per heavy atom. The van der Waals surface area contributed by atoms with Gasteiger partial charge in [0, 0.05) is 30.9 Å². The van der Waals surface area contributed by atoms with Gasteiger partial charge in [0.25, 0.3) is 0 Å². The maximum Gasteiger partial charge on any atom is 0.125 e. The number of aromatic amines is 1. The molecule has 0 bridgehead atoms. The molecule has 3 rings (SSSR count). The lowest BCUT2D eigenvalue weighted by molar-refractivity contribution is 0.0967. The fourth-order valence-electron chi connectivity index (χ4n) is 2.65. The maximum atomic E-state index is 6.01. The van der Waals surface area contributed by atoms with Crippen molar-refractivity contribution in [3.63, 3.8) is 0 Å². The van der Waals surface area contributed by atoms with Crippen LogP contribution in [-0.2, 0) is 6.42 Å². The normalized spacial score (nSPS) is 20.0. The lowest BCUT2D eigenvalue weighted by Gasteiger charge is -2.27. The fourth-order valence-corrected chi connectivity index (χ4v) is 2.65. The zero-order chi connectivity index (χ0) is 13.3. The number of hydrogen-bond acceptors (Lipinski definition) is 3. The second kappa shape index (κ2) is 4.70. The van der Waals surface area contributed by atoms with E-state index in [1.807, 2.05) is 18.3 Å². The first kappa shape index (κ1) is 12.2. The number of para-hydroxylation sites is 1. The predicted molar refractivity (Wildman–Crippen MR) is 74.2 cm³/mol. The molecule has 0 radical (unpaired) electrons. The average molecular weight is 257 g/mol. The number of aromatic nitrogens is 2. The van der Waals surface area contributed by atoms with E-state index in [1.165, 1.54) is 5.56 Å². The van der Waals surface area contributed by atoms with Gasteiger partial charge in [-0.05, 0) is 19.9 Å². The molecule has 0 amide bonds. The van der Waals surface area contributed by atoms with Gasteiger partial charge in [0.15, 0.2) is 0 Å². The number of hydrogen-bond donors (Lipinski definition) is 2. The maximum absolute atomic E-state index is 6.01. The van der Waals surface area contributed by atoms with Crippen LogP contribution in [0.15, 0.2) is 36.7 Å². The zero-order valence-electron chi connectivity index (χ0n) is 11.3. The fraction of sp³-hybridized carbons (Fsp3) is 0.400. The van der Waals surface area contributed by atoms with Crippen LogP contribution in [0.2, 0.25) is 0 Å². The standard InChI is InChI=1S/C15H19N3O/c1-15(2)14(11-5-3-4-6-12(11)19-15)18-8-7-13-16-9-10-17-13/h3-6,9-10,14,18H,7-8H2,1-2H3,(H,16,17). The highest BCUT2D eigenvalue weighted by Crippen LogP contribution is 2.42. The van der Waals surface area contributed by atoms with Crippen LogP contribution in [-0.4, -0.2) is 22.1 Å². The lowest BCUT2D eigenvalue weighted by Crippen LogP contribution is -2.39. The third-order valence-corrected chi connectivity index (χ3v) is 3.56. The van der Waals surface area contributed by atoms with E-state index in [0.29, 0.717) is 0 Å². The van der Waals surface area contributed by atoms with Crippen molar-refractivity contribution in [1.29, 1.82) is 0 Å². The van der Waals surface area contributed by atoms with Gasteiger partial charge >= 0.3 is 0 Å². The first-order valence-electron chi connectivity index (χ1n) is 6.66. The van der Waals surface area contributed by atoms with E-state index >= 15 is 0 Å². The molecule has 2 aromatic rings. The van der Waals surface area contributed by atoms with Gasteiger partial charge in [-0.15, -0.1) is 0 Å². The zero-order valence-corrected chi connectivity index (χ0v) is 11.3. The molecule has 2 N–H and O–H groups in total. The molecule has 1 atom stereocenters. The number of benzene rings is 1. The van der Waals surface area contributed by atoms with Gasteiger partial charge in [-0.3, -0.25) is 0 Å². The Hall–Kier alpha value is -1.81. The van der Waals surface area contributed by atoms with Crippen LogP contribution in [0.5, 0.6) is 5.75 Å². The molecule has 4 heteroatoms. The van der Waals surface area contributed by atoms with Crippen molar-refractivity contribution in [3.8, 4) is 5.75 Å². The molecule has 1 aliphatic heterocycles. The Morgan fingerprint density at radius 3 is 3.00 bits per heavy atom. The molecule has 1 aromatic carbocycles. The summed E-state index contributed by atoms with van der Waals surface area (Å²) in [5.74, 6) is 2.00. The highest BCUT2D eigenvalue weighted by Gasteiger charge is 2.40. The molecular formula is C15H19N3O. The molecule has 2 heterocycles. The van der Waals surface area contributed by atoms with Crippen molar-refractivity contribution < 1.29 is 4.74 Å². The second-order valence-electron chi connectivity index (χ2n) is 5.42. The number of fused-ring (bicyclic) bond motifs is 1. The molecule has 19 heavy (non-hydrogen) atoms. The summed E-state index contributed by atoms with van der Waals surface area (Å²) in [5, 5.41) is 3.58. The minimum absolute atomic E-state index is 0.215. The first-order chi connectivity index (χ1) is 9.17. The molecule has 0 aliphatic carbocycles. The van der Waals surface area contributed by atoms with Gasteiger partial charge < -0.3 is 15.0 Å². The third-order valence-electron chi connectivity index (χ3n) is 3.56. The number of rotatable bonds is 4.